The third kappa shape index (κ3) is 5.39. The Hall–Kier alpha value is -1.27. The van der Waals surface area contributed by atoms with E-state index >= 15 is 0 Å². The average Bonchev–Trinajstić information content (AvgIpc) is 2.49. The highest BCUT2D eigenvalue weighted by Gasteiger charge is 2.16. The number of hydrogen-bond donors (Lipinski definition) is 1. The summed E-state index contributed by atoms with van der Waals surface area (Å²) in [6.07, 6.45) is 0. The van der Waals surface area contributed by atoms with Gasteiger partial charge in [-0.2, -0.15) is 0 Å². The van der Waals surface area contributed by atoms with Crippen molar-refractivity contribution in [1.82, 2.24) is 4.72 Å². The second-order valence-electron chi connectivity index (χ2n) is 4.97. The Balaban J connectivity index is 1.88. The van der Waals surface area contributed by atoms with Gasteiger partial charge in [0.05, 0.1) is 5.75 Å². The Labute approximate surface area is 146 Å². The molecule has 0 bridgehead atoms. The van der Waals surface area contributed by atoms with E-state index in [-0.39, 0.29) is 18.9 Å². The van der Waals surface area contributed by atoms with Crippen LogP contribution in [0.25, 0.3) is 0 Å². The number of rotatable bonds is 7. The van der Waals surface area contributed by atoms with Crippen molar-refractivity contribution in [2.75, 3.05) is 13.2 Å². The van der Waals surface area contributed by atoms with E-state index in [4.69, 9.17) is 27.9 Å². The van der Waals surface area contributed by atoms with Gasteiger partial charge in [0, 0.05) is 22.2 Å². The summed E-state index contributed by atoms with van der Waals surface area (Å²) in [7, 11) is -3.54. The Morgan fingerprint density at radius 1 is 1.04 bits per heavy atom. The van der Waals surface area contributed by atoms with Crippen LogP contribution in [0.15, 0.2) is 42.5 Å². The molecule has 0 atom stereocenters. The van der Waals surface area contributed by atoms with Crippen molar-refractivity contribution in [3.05, 3.63) is 63.6 Å². The third-order valence-electron chi connectivity index (χ3n) is 3.17. The fraction of sp³-hybridized carbons (Fsp3) is 0.250. The molecule has 0 aliphatic carbocycles. The summed E-state index contributed by atoms with van der Waals surface area (Å²) in [5.74, 6) is 0.469. The molecule has 124 valence electrons. The van der Waals surface area contributed by atoms with Crippen LogP contribution in [0.2, 0.25) is 10.0 Å². The summed E-state index contributed by atoms with van der Waals surface area (Å²) in [4.78, 5) is 0. The fourth-order valence-corrected chi connectivity index (χ4v) is 3.86. The van der Waals surface area contributed by atoms with Gasteiger partial charge in [0.1, 0.15) is 12.4 Å². The van der Waals surface area contributed by atoms with Gasteiger partial charge < -0.3 is 4.74 Å². The van der Waals surface area contributed by atoms with Gasteiger partial charge >= 0.3 is 0 Å². The molecule has 7 heteroatoms. The van der Waals surface area contributed by atoms with Crippen LogP contribution in [0.1, 0.15) is 11.1 Å². The van der Waals surface area contributed by atoms with Crippen molar-refractivity contribution in [1.29, 1.82) is 0 Å². The molecule has 4 nitrogen and oxygen atoms in total. The highest BCUT2D eigenvalue weighted by atomic mass is 35.5. The van der Waals surface area contributed by atoms with Gasteiger partial charge in [0.2, 0.25) is 10.0 Å². The Kier molecular flexibility index (Phi) is 6.30. The largest absolute Gasteiger partial charge is 0.492 e. The van der Waals surface area contributed by atoms with Crippen molar-refractivity contribution < 1.29 is 13.2 Å². The molecule has 23 heavy (non-hydrogen) atoms. The summed E-state index contributed by atoms with van der Waals surface area (Å²) < 4.78 is 32.2. The van der Waals surface area contributed by atoms with Crippen molar-refractivity contribution in [2.24, 2.45) is 0 Å². The van der Waals surface area contributed by atoms with Crippen LogP contribution in [0, 0.1) is 6.92 Å². The van der Waals surface area contributed by atoms with Crippen LogP contribution in [0.4, 0.5) is 0 Å². The number of halogens is 2. The number of aryl methyl sites for hydroxylation is 1. The molecule has 0 heterocycles. The maximum atomic E-state index is 12.1. The van der Waals surface area contributed by atoms with Crippen LogP contribution < -0.4 is 9.46 Å². The lowest BCUT2D eigenvalue weighted by molar-refractivity contribution is 0.320. The minimum Gasteiger partial charge on any atom is -0.492 e. The quantitative estimate of drug-likeness (QED) is 0.750. The van der Waals surface area contributed by atoms with Crippen molar-refractivity contribution in [3.8, 4) is 5.75 Å². The normalized spacial score (nSPS) is 11.4. The monoisotopic (exact) mass is 373 g/mol. The molecule has 0 amide bonds. The van der Waals surface area contributed by atoms with E-state index in [1.807, 2.05) is 31.2 Å². The van der Waals surface area contributed by atoms with E-state index < -0.39 is 10.0 Å². The molecule has 2 aromatic carbocycles. The Morgan fingerprint density at radius 3 is 2.35 bits per heavy atom. The lowest BCUT2D eigenvalue weighted by Crippen LogP contribution is -2.29. The fourth-order valence-electron chi connectivity index (χ4n) is 1.99. The maximum absolute atomic E-state index is 12.1. The van der Waals surface area contributed by atoms with Crippen molar-refractivity contribution >= 4 is 33.2 Å². The van der Waals surface area contributed by atoms with Gasteiger partial charge in [-0.3, -0.25) is 0 Å². The molecule has 0 aliphatic heterocycles. The summed E-state index contributed by atoms with van der Waals surface area (Å²) >= 11 is 12.0. The van der Waals surface area contributed by atoms with Crippen molar-refractivity contribution in [3.63, 3.8) is 0 Å². The molecule has 0 unspecified atom stereocenters. The molecule has 0 radical (unpaired) electrons. The average molecular weight is 374 g/mol. The number of nitrogens with one attached hydrogen (secondary N) is 1. The molecule has 0 saturated heterocycles. The predicted molar refractivity (Wildman–Crippen MR) is 93.8 cm³/mol. The first kappa shape index (κ1) is 18.1. The number of ether oxygens (including phenoxy) is 1. The summed E-state index contributed by atoms with van der Waals surface area (Å²) in [6.45, 7) is 2.33. The zero-order chi connectivity index (χ0) is 16.9. The summed E-state index contributed by atoms with van der Waals surface area (Å²) in [5, 5.41) is 0.665. The lowest BCUT2D eigenvalue weighted by Gasteiger charge is -2.11. The van der Waals surface area contributed by atoms with Gasteiger partial charge in [-0.15, -0.1) is 0 Å². The SMILES string of the molecule is Cc1ccccc1OCCNS(=O)(=O)Cc1c(Cl)cccc1Cl. The zero-order valence-electron chi connectivity index (χ0n) is 12.6. The summed E-state index contributed by atoms with van der Waals surface area (Å²) in [6, 6.07) is 12.4. The molecule has 2 aromatic rings. The topological polar surface area (TPSA) is 55.4 Å². The van der Waals surface area contributed by atoms with E-state index in [2.05, 4.69) is 4.72 Å². The minimum absolute atomic E-state index is 0.165. The summed E-state index contributed by atoms with van der Waals surface area (Å²) in [5.41, 5.74) is 1.39. The van der Waals surface area contributed by atoms with Crippen LogP contribution >= 0.6 is 23.2 Å². The van der Waals surface area contributed by atoms with Crippen molar-refractivity contribution in [2.45, 2.75) is 12.7 Å². The third-order valence-corrected chi connectivity index (χ3v) is 5.19. The van der Waals surface area contributed by atoms with E-state index in [9.17, 15) is 8.42 Å². The Bertz CT molecular complexity index is 758. The van der Waals surface area contributed by atoms with Gasteiger partial charge in [0.15, 0.2) is 0 Å². The maximum Gasteiger partial charge on any atom is 0.216 e. The van der Waals surface area contributed by atoms with Gasteiger partial charge in [-0.1, -0.05) is 47.5 Å². The zero-order valence-corrected chi connectivity index (χ0v) is 14.9. The van der Waals surface area contributed by atoms with Gasteiger partial charge in [-0.25, -0.2) is 13.1 Å². The number of benzene rings is 2. The molecular weight excluding hydrogens is 357 g/mol. The van der Waals surface area contributed by atoms with Crippen LogP contribution in [0.3, 0.4) is 0 Å². The molecule has 2 rings (SSSR count). The number of sulfonamides is 1. The lowest BCUT2D eigenvalue weighted by atomic mass is 10.2. The van der Waals surface area contributed by atoms with Crippen LogP contribution in [-0.2, 0) is 15.8 Å². The molecule has 0 spiro atoms. The smallest absolute Gasteiger partial charge is 0.216 e. The second-order valence-corrected chi connectivity index (χ2v) is 7.59. The first-order valence-electron chi connectivity index (χ1n) is 6.98. The Morgan fingerprint density at radius 2 is 1.70 bits per heavy atom. The van der Waals surface area contributed by atoms with Gasteiger partial charge in [0.25, 0.3) is 0 Å². The first-order valence-corrected chi connectivity index (χ1v) is 9.38. The van der Waals surface area contributed by atoms with Crippen LogP contribution in [-0.4, -0.2) is 21.6 Å². The van der Waals surface area contributed by atoms with E-state index in [1.54, 1.807) is 18.2 Å². The molecule has 0 saturated carbocycles. The molecule has 0 aliphatic rings. The van der Waals surface area contributed by atoms with E-state index in [0.717, 1.165) is 11.3 Å². The number of para-hydroxylation sites is 1. The minimum atomic E-state index is -3.54. The molecular formula is C16H17Cl2NO3S. The standard InChI is InChI=1S/C16H17Cl2NO3S/c1-12-5-2-3-8-16(12)22-10-9-19-23(20,21)11-13-14(17)6-4-7-15(13)18/h2-8,19H,9-11H2,1H3. The molecule has 1 N–H and O–H groups in total. The highest BCUT2D eigenvalue weighted by Crippen LogP contribution is 2.25. The second kappa shape index (κ2) is 8.02. The first-order chi connectivity index (χ1) is 10.9. The molecule has 0 aromatic heterocycles. The van der Waals surface area contributed by atoms with Crippen LogP contribution in [0.5, 0.6) is 5.75 Å². The van der Waals surface area contributed by atoms with E-state index in [1.165, 1.54) is 0 Å². The van der Waals surface area contributed by atoms with Gasteiger partial charge in [-0.05, 0) is 30.7 Å². The van der Waals surface area contributed by atoms with E-state index in [0.29, 0.717) is 15.6 Å². The highest BCUT2D eigenvalue weighted by molar-refractivity contribution is 7.88. The number of hydrogen-bond acceptors (Lipinski definition) is 3. The molecule has 0 fully saturated rings. The predicted octanol–water partition coefficient (Wildman–Crippen LogP) is 3.80.